The second-order valence-corrected chi connectivity index (χ2v) is 5.10. The van der Waals surface area contributed by atoms with Crippen LogP contribution >= 0.6 is 11.6 Å². The van der Waals surface area contributed by atoms with Gasteiger partial charge in [0, 0.05) is 12.3 Å². The minimum Gasteiger partial charge on any atom is -0.481 e. The molecule has 0 bridgehead atoms. The maximum absolute atomic E-state index is 11.0. The number of aliphatic carboxylic acids is 1. The molecule has 0 heterocycles. The Labute approximate surface area is 94.9 Å². The molecule has 0 spiro atoms. The smallest absolute Gasteiger partial charge is 0.309 e. The van der Waals surface area contributed by atoms with Crippen molar-refractivity contribution in [3.63, 3.8) is 0 Å². The maximum Gasteiger partial charge on any atom is 0.309 e. The number of hydrogen-bond donors (Lipinski definition) is 3. The number of halogens is 1. The zero-order chi connectivity index (χ0) is 12.2. The molecule has 3 N–H and O–H groups in total. The third-order valence-electron chi connectivity index (χ3n) is 2.28. The van der Waals surface area contributed by atoms with Gasteiger partial charge < -0.3 is 15.3 Å². The molecule has 5 heteroatoms. The van der Waals surface area contributed by atoms with E-state index in [0.29, 0.717) is 0 Å². The van der Waals surface area contributed by atoms with Crippen molar-refractivity contribution in [2.24, 2.45) is 11.3 Å². The number of carboxylic acid groups (broad SMARTS) is 1. The minimum atomic E-state index is -1.09. The zero-order valence-corrected chi connectivity index (χ0v) is 10.0. The normalized spacial score (nSPS) is 18.3. The van der Waals surface area contributed by atoms with Crippen molar-refractivity contribution in [2.75, 3.05) is 5.88 Å². The Morgan fingerprint density at radius 2 is 1.80 bits per heavy atom. The Hall–Kier alpha value is -0.320. The Morgan fingerprint density at radius 1 is 1.33 bits per heavy atom. The fourth-order valence-electron chi connectivity index (χ4n) is 1.59. The van der Waals surface area contributed by atoms with Crippen LogP contribution in [0.5, 0.6) is 0 Å². The number of alkyl halides is 1. The van der Waals surface area contributed by atoms with E-state index in [1.54, 1.807) is 20.8 Å². The molecule has 0 aliphatic heterocycles. The van der Waals surface area contributed by atoms with Crippen LogP contribution in [-0.2, 0) is 4.79 Å². The van der Waals surface area contributed by atoms with Crippen LogP contribution in [0.2, 0.25) is 0 Å². The van der Waals surface area contributed by atoms with E-state index >= 15 is 0 Å². The molecule has 0 rings (SSSR count). The van der Waals surface area contributed by atoms with Gasteiger partial charge in [-0.15, -0.1) is 11.6 Å². The highest BCUT2D eigenvalue weighted by Gasteiger charge is 2.37. The highest BCUT2D eigenvalue weighted by atomic mass is 35.5. The molecular formula is C10H19ClO4. The van der Waals surface area contributed by atoms with Crippen LogP contribution in [0.15, 0.2) is 0 Å². The Balaban J connectivity index is 4.58. The van der Waals surface area contributed by atoms with Gasteiger partial charge in [-0.1, -0.05) is 20.8 Å². The van der Waals surface area contributed by atoms with Crippen molar-refractivity contribution in [3.05, 3.63) is 0 Å². The fraction of sp³-hybridized carbons (Fsp3) is 0.900. The Bertz CT molecular complexity index is 212. The van der Waals surface area contributed by atoms with E-state index in [9.17, 15) is 15.0 Å². The molecule has 0 saturated carbocycles. The summed E-state index contributed by atoms with van der Waals surface area (Å²) in [6, 6.07) is 0. The van der Waals surface area contributed by atoms with Crippen molar-refractivity contribution in [1.82, 2.24) is 0 Å². The number of carboxylic acids is 1. The molecule has 0 saturated heterocycles. The van der Waals surface area contributed by atoms with Gasteiger partial charge >= 0.3 is 5.97 Å². The number of aliphatic hydroxyl groups excluding tert-OH is 2. The van der Waals surface area contributed by atoms with Gasteiger partial charge in [-0.2, -0.15) is 0 Å². The van der Waals surface area contributed by atoms with Crippen LogP contribution in [0, 0.1) is 11.3 Å². The molecule has 0 aliphatic rings. The van der Waals surface area contributed by atoms with Crippen molar-refractivity contribution < 1.29 is 20.1 Å². The molecular weight excluding hydrogens is 220 g/mol. The molecule has 0 radical (unpaired) electrons. The van der Waals surface area contributed by atoms with Crippen molar-refractivity contribution >= 4 is 17.6 Å². The first-order valence-corrected chi connectivity index (χ1v) is 5.38. The van der Waals surface area contributed by atoms with Crippen LogP contribution < -0.4 is 0 Å². The second-order valence-electron chi connectivity index (χ2n) is 4.79. The van der Waals surface area contributed by atoms with Gasteiger partial charge in [0.15, 0.2) is 0 Å². The Kier molecular flexibility index (Phi) is 5.56. The van der Waals surface area contributed by atoms with E-state index in [1.165, 1.54) is 0 Å². The quantitative estimate of drug-likeness (QED) is 0.627. The number of rotatable bonds is 5. The van der Waals surface area contributed by atoms with Crippen molar-refractivity contribution in [2.45, 2.75) is 39.4 Å². The molecule has 0 aromatic rings. The maximum atomic E-state index is 11.0. The van der Waals surface area contributed by atoms with Crippen molar-refractivity contribution in [3.8, 4) is 0 Å². The second kappa shape index (κ2) is 5.68. The van der Waals surface area contributed by atoms with Crippen LogP contribution in [0.4, 0.5) is 0 Å². The average Bonchev–Trinajstić information content (AvgIpc) is 1.99. The minimum absolute atomic E-state index is 0.00641. The summed E-state index contributed by atoms with van der Waals surface area (Å²) in [5.41, 5.74) is -0.558. The predicted octanol–water partition coefficient (Wildman–Crippen LogP) is 1.08. The van der Waals surface area contributed by atoms with E-state index < -0.39 is 29.5 Å². The largest absolute Gasteiger partial charge is 0.481 e. The van der Waals surface area contributed by atoms with E-state index in [2.05, 4.69) is 0 Å². The van der Waals surface area contributed by atoms with E-state index in [1.807, 2.05) is 0 Å². The summed E-state index contributed by atoms with van der Waals surface area (Å²) in [7, 11) is 0. The summed E-state index contributed by atoms with van der Waals surface area (Å²) < 4.78 is 0. The third kappa shape index (κ3) is 4.82. The summed E-state index contributed by atoms with van der Waals surface area (Å²) >= 11 is 5.39. The standard InChI is InChI=1S/C10H19ClO4/c1-10(2,3)8(9(14)15)7(13)4-6(12)5-11/h6-8,12-13H,4-5H2,1-3H3,(H,14,15). The molecule has 4 nitrogen and oxygen atoms in total. The summed E-state index contributed by atoms with van der Waals surface area (Å²) in [6.45, 7) is 5.21. The lowest BCUT2D eigenvalue weighted by Crippen LogP contribution is -2.40. The molecule has 0 fully saturated rings. The van der Waals surface area contributed by atoms with Gasteiger partial charge in [0.1, 0.15) is 0 Å². The summed E-state index contributed by atoms with van der Waals surface area (Å²) in [4.78, 5) is 11.0. The Morgan fingerprint density at radius 3 is 2.07 bits per heavy atom. The number of carbonyl (C=O) groups is 1. The van der Waals surface area contributed by atoms with Crippen molar-refractivity contribution in [1.29, 1.82) is 0 Å². The van der Waals surface area contributed by atoms with Gasteiger partial charge in [0.25, 0.3) is 0 Å². The van der Waals surface area contributed by atoms with Gasteiger partial charge in [-0.3, -0.25) is 4.79 Å². The average molecular weight is 239 g/mol. The van der Waals surface area contributed by atoms with Crippen LogP contribution in [0.3, 0.4) is 0 Å². The van der Waals surface area contributed by atoms with Crippen LogP contribution in [0.25, 0.3) is 0 Å². The summed E-state index contributed by atoms with van der Waals surface area (Å²) in [6.07, 6.45) is -1.97. The highest BCUT2D eigenvalue weighted by Crippen LogP contribution is 2.30. The summed E-state index contributed by atoms with van der Waals surface area (Å²) in [5.74, 6) is -1.97. The highest BCUT2D eigenvalue weighted by molar-refractivity contribution is 6.18. The first-order valence-electron chi connectivity index (χ1n) is 4.85. The fourth-order valence-corrected chi connectivity index (χ4v) is 1.72. The molecule has 3 unspecified atom stereocenters. The van der Waals surface area contributed by atoms with Gasteiger partial charge in [-0.25, -0.2) is 0 Å². The topological polar surface area (TPSA) is 77.8 Å². The van der Waals surface area contributed by atoms with E-state index in [0.717, 1.165) is 0 Å². The number of aliphatic hydroxyl groups is 2. The lowest BCUT2D eigenvalue weighted by Gasteiger charge is -2.31. The van der Waals surface area contributed by atoms with Gasteiger partial charge in [0.2, 0.25) is 0 Å². The molecule has 0 aromatic carbocycles. The van der Waals surface area contributed by atoms with Crippen LogP contribution in [0.1, 0.15) is 27.2 Å². The number of hydrogen-bond acceptors (Lipinski definition) is 3. The van der Waals surface area contributed by atoms with Gasteiger partial charge in [0.05, 0.1) is 18.1 Å². The molecule has 90 valence electrons. The monoisotopic (exact) mass is 238 g/mol. The van der Waals surface area contributed by atoms with Crippen LogP contribution in [-0.4, -0.2) is 39.4 Å². The lowest BCUT2D eigenvalue weighted by molar-refractivity contribution is -0.152. The first kappa shape index (κ1) is 14.7. The molecule has 0 aliphatic carbocycles. The molecule has 0 amide bonds. The zero-order valence-electron chi connectivity index (χ0n) is 9.27. The summed E-state index contributed by atoms with van der Waals surface area (Å²) in [5, 5.41) is 27.9. The lowest BCUT2D eigenvalue weighted by atomic mass is 9.76. The van der Waals surface area contributed by atoms with E-state index in [4.69, 9.17) is 16.7 Å². The molecule has 0 aromatic heterocycles. The molecule has 3 atom stereocenters. The SMILES string of the molecule is CC(C)(C)C(C(=O)O)C(O)CC(O)CCl. The third-order valence-corrected chi connectivity index (χ3v) is 2.63. The first-order chi connectivity index (χ1) is 6.70. The predicted molar refractivity (Wildman–Crippen MR) is 57.9 cm³/mol. The molecule has 15 heavy (non-hydrogen) atoms. The van der Waals surface area contributed by atoms with E-state index in [-0.39, 0.29) is 12.3 Å². The van der Waals surface area contributed by atoms with Gasteiger partial charge in [-0.05, 0) is 5.41 Å².